The molecule has 1 aliphatic heterocycles. The van der Waals surface area contributed by atoms with Crippen LogP contribution in [0.4, 0.5) is 4.79 Å². The second-order valence-electron chi connectivity index (χ2n) is 8.69. The first-order valence-corrected chi connectivity index (χ1v) is 12.8. The number of carbonyl (C=O) groups excluding carboxylic acids is 1. The van der Waals surface area contributed by atoms with Gasteiger partial charge in [0, 0.05) is 12.6 Å². The van der Waals surface area contributed by atoms with Gasteiger partial charge in [-0.15, -0.1) is 0 Å². The number of hydrogen-bond donors (Lipinski definition) is 1. The third-order valence-electron chi connectivity index (χ3n) is 6.29. The van der Waals surface area contributed by atoms with E-state index in [2.05, 4.69) is 29.0 Å². The second kappa shape index (κ2) is 9.40. The van der Waals surface area contributed by atoms with Gasteiger partial charge in [-0.1, -0.05) is 61.0 Å². The molecular formula is C24H30N2O4S. The van der Waals surface area contributed by atoms with E-state index in [1.54, 1.807) is 4.90 Å². The van der Waals surface area contributed by atoms with Crippen molar-refractivity contribution in [2.45, 2.75) is 44.2 Å². The molecule has 0 unspecified atom stereocenters. The van der Waals surface area contributed by atoms with Crippen molar-refractivity contribution in [3.8, 4) is 11.1 Å². The number of nitrogens with zero attached hydrogens (tertiary/aromatic N) is 1. The van der Waals surface area contributed by atoms with Crippen LogP contribution in [0.1, 0.15) is 31.2 Å². The van der Waals surface area contributed by atoms with Gasteiger partial charge in [0.1, 0.15) is 0 Å². The summed E-state index contributed by atoms with van der Waals surface area (Å²) in [7, 11) is -3.38. The topological polar surface area (TPSA) is 75.7 Å². The Hall–Kier alpha value is -2.38. The van der Waals surface area contributed by atoms with Gasteiger partial charge in [0.15, 0.2) is 0 Å². The SMILES string of the molecule is CS(=O)(=O)N[C@H]1CCN(C(=O)OCC2CCC2)[C@H]1Cc1cccc(-c2ccccc2)c1. The molecule has 2 aromatic carbocycles. The number of rotatable bonds is 7. The Kier molecular flexibility index (Phi) is 6.62. The summed E-state index contributed by atoms with van der Waals surface area (Å²) in [5.74, 6) is 0.470. The number of ether oxygens (including phenoxy) is 1. The van der Waals surface area contributed by atoms with Crippen LogP contribution in [-0.2, 0) is 21.2 Å². The van der Waals surface area contributed by atoms with Crippen molar-refractivity contribution >= 4 is 16.1 Å². The van der Waals surface area contributed by atoms with Crippen molar-refractivity contribution in [1.29, 1.82) is 0 Å². The maximum absolute atomic E-state index is 12.8. The fourth-order valence-electron chi connectivity index (χ4n) is 4.43. The van der Waals surface area contributed by atoms with Gasteiger partial charge in [0.25, 0.3) is 0 Å². The lowest BCUT2D eigenvalue weighted by Crippen LogP contribution is -2.48. The Morgan fingerprint density at radius 3 is 2.48 bits per heavy atom. The third kappa shape index (κ3) is 5.66. The van der Waals surface area contributed by atoms with Crippen LogP contribution in [0, 0.1) is 5.92 Å². The summed E-state index contributed by atoms with van der Waals surface area (Å²) >= 11 is 0. The summed E-state index contributed by atoms with van der Waals surface area (Å²) < 4.78 is 32.1. The van der Waals surface area contributed by atoms with Gasteiger partial charge in [0.2, 0.25) is 10.0 Å². The lowest BCUT2D eigenvalue weighted by molar-refractivity contribution is 0.0676. The quantitative estimate of drug-likeness (QED) is 0.707. The highest BCUT2D eigenvalue weighted by Gasteiger charge is 2.39. The maximum atomic E-state index is 12.8. The molecule has 1 saturated carbocycles. The molecule has 4 rings (SSSR count). The summed E-state index contributed by atoms with van der Waals surface area (Å²) in [6, 6.07) is 17.7. The van der Waals surface area contributed by atoms with E-state index >= 15 is 0 Å². The minimum absolute atomic E-state index is 0.283. The molecule has 0 spiro atoms. The van der Waals surface area contributed by atoms with E-state index in [-0.39, 0.29) is 18.2 Å². The first kappa shape index (κ1) is 21.8. The first-order chi connectivity index (χ1) is 14.9. The number of carbonyl (C=O) groups is 1. The molecule has 2 atom stereocenters. The molecule has 2 aromatic rings. The van der Waals surface area contributed by atoms with Crippen molar-refractivity contribution in [2.75, 3.05) is 19.4 Å². The zero-order valence-corrected chi connectivity index (χ0v) is 18.7. The van der Waals surface area contributed by atoms with Crippen molar-refractivity contribution in [2.24, 2.45) is 5.92 Å². The summed E-state index contributed by atoms with van der Waals surface area (Å²) in [4.78, 5) is 14.5. The maximum Gasteiger partial charge on any atom is 0.410 e. The Balaban J connectivity index is 1.52. The molecular weight excluding hydrogens is 412 g/mol. The fourth-order valence-corrected chi connectivity index (χ4v) is 5.25. The van der Waals surface area contributed by atoms with E-state index in [9.17, 15) is 13.2 Å². The van der Waals surface area contributed by atoms with Gasteiger partial charge in [0.05, 0.1) is 18.9 Å². The second-order valence-corrected chi connectivity index (χ2v) is 10.5. The third-order valence-corrected chi connectivity index (χ3v) is 7.02. The van der Waals surface area contributed by atoms with Gasteiger partial charge in [-0.2, -0.15) is 0 Å². The smallest absolute Gasteiger partial charge is 0.410 e. The predicted molar refractivity (Wildman–Crippen MR) is 121 cm³/mol. The summed E-state index contributed by atoms with van der Waals surface area (Å²) in [6.07, 6.45) is 5.39. The van der Waals surface area contributed by atoms with Crippen LogP contribution in [-0.4, -0.2) is 50.9 Å². The van der Waals surface area contributed by atoms with E-state index in [0.29, 0.717) is 31.9 Å². The zero-order chi connectivity index (χ0) is 21.8. The molecule has 6 nitrogen and oxygen atoms in total. The van der Waals surface area contributed by atoms with Crippen LogP contribution in [0.25, 0.3) is 11.1 Å². The van der Waals surface area contributed by atoms with Gasteiger partial charge in [-0.3, -0.25) is 0 Å². The summed E-state index contributed by atoms with van der Waals surface area (Å²) in [5, 5.41) is 0. The Morgan fingerprint density at radius 1 is 1.06 bits per heavy atom. The molecule has 2 fully saturated rings. The van der Waals surface area contributed by atoms with Gasteiger partial charge < -0.3 is 9.64 Å². The molecule has 1 aliphatic carbocycles. The lowest BCUT2D eigenvalue weighted by atomic mass is 9.86. The molecule has 31 heavy (non-hydrogen) atoms. The number of sulfonamides is 1. The first-order valence-electron chi connectivity index (χ1n) is 10.9. The number of nitrogens with one attached hydrogen (secondary N) is 1. The van der Waals surface area contributed by atoms with Crippen LogP contribution >= 0.6 is 0 Å². The van der Waals surface area contributed by atoms with E-state index in [4.69, 9.17) is 4.74 Å². The standard InChI is InChI=1S/C24H30N2O4S/c1-31(28,29)25-22-13-14-26(24(27)30-17-18-7-5-8-18)23(22)16-19-9-6-12-21(15-19)20-10-3-2-4-11-20/h2-4,6,9-12,15,18,22-23,25H,5,7-8,13-14,16-17H2,1H3/t22-,23-/m0/s1. The van der Waals surface area contributed by atoms with Crippen LogP contribution in [0.15, 0.2) is 54.6 Å². The molecule has 2 aliphatic rings. The summed E-state index contributed by atoms with van der Waals surface area (Å²) in [5.41, 5.74) is 3.28. The highest BCUT2D eigenvalue weighted by molar-refractivity contribution is 7.88. The van der Waals surface area contributed by atoms with Crippen LogP contribution < -0.4 is 4.72 Å². The van der Waals surface area contributed by atoms with Crippen LogP contribution in [0.3, 0.4) is 0 Å². The molecule has 166 valence electrons. The minimum Gasteiger partial charge on any atom is -0.449 e. The van der Waals surface area contributed by atoms with Crippen molar-refractivity contribution in [3.05, 3.63) is 60.2 Å². The average Bonchev–Trinajstić information content (AvgIpc) is 3.08. The molecule has 0 bridgehead atoms. The van der Waals surface area contributed by atoms with E-state index < -0.39 is 10.0 Å². The monoisotopic (exact) mass is 442 g/mol. The lowest BCUT2D eigenvalue weighted by Gasteiger charge is -2.30. The zero-order valence-electron chi connectivity index (χ0n) is 17.9. The molecule has 0 radical (unpaired) electrons. The Morgan fingerprint density at radius 2 is 1.81 bits per heavy atom. The van der Waals surface area contributed by atoms with Gasteiger partial charge in [-0.05, 0) is 48.3 Å². The predicted octanol–water partition coefficient (Wildman–Crippen LogP) is 3.82. The molecule has 7 heteroatoms. The molecule has 1 heterocycles. The fraction of sp³-hybridized carbons (Fsp3) is 0.458. The van der Waals surface area contributed by atoms with Gasteiger partial charge in [-0.25, -0.2) is 17.9 Å². The van der Waals surface area contributed by atoms with Crippen LogP contribution in [0.5, 0.6) is 0 Å². The molecule has 0 aromatic heterocycles. The Bertz CT molecular complexity index is 1010. The Labute approximate surface area is 184 Å². The van der Waals surface area contributed by atoms with Crippen molar-refractivity contribution in [1.82, 2.24) is 9.62 Å². The van der Waals surface area contributed by atoms with E-state index in [1.165, 1.54) is 6.42 Å². The number of likely N-dealkylation sites (tertiary alicyclic amines) is 1. The van der Waals surface area contributed by atoms with E-state index in [0.717, 1.165) is 35.8 Å². The highest BCUT2D eigenvalue weighted by Crippen LogP contribution is 2.29. The largest absolute Gasteiger partial charge is 0.449 e. The average molecular weight is 443 g/mol. The molecule has 1 saturated heterocycles. The summed E-state index contributed by atoms with van der Waals surface area (Å²) in [6.45, 7) is 0.940. The van der Waals surface area contributed by atoms with E-state index in [1.807, 2.05) is 30.3 Å². The van der Waals surface area contributed by atoms with Crippen molar-refractivity contribution in [3.63, 3.8) is 0 Å². The molecule has 1 amide bonds. The number of amides is 1. The molecule has 1 N–H and O–H groups in total. The van der Waals surface area contributed by atoms with Gasteiger partial charge >= 0.3 is 6.09 Å². The number of benzene rings is 2. The number of hydrogen-bond acceptors (Lipinski definition) is 4. The minimum atomic E-state index is -3.38. The van der Waals surface area contributed by atoms with Crippen LogP contribution in [0.2, 0.25) is 0 Å². The highest BCUT2D eigenvalue weighted by atomic mass is 32.2. The van der Waals surface area contributed by atoms with Crippen molar-refractivity contribution < 1.29 is 17.9 Å². The normalized spacial score (nSPS) is 21.6.